The van der Waals surface area contributed by atoms with Gasteiger partial charge in [0.25, 0.3) is 0 Å². The van der Waals surface area contributed by atoms with E-state index in [2.05, 4.69) is 41.7 Å². The van der Waals surface area contributed by atoms with Crippen molar-refractivity contribution in [2.24, 2.45) is 0 Å². The van der Waals surface area contributed by atoms with Gasteiger partial charge in [0.05, 0.1) is 5.69 Å². The topological polar surface area (TPSA) is 98.2 Å². The zero-order valence-corrected chi connectivity index (χ0v) is 24.7. The van der Waals surface area contributed by atoms with Gasteiger partial charge >= 0.3 is 18.1 Å². The second kappa shape index (κ2) is 13.4. The van der Waals surface area contributed by atoms with Crippen LogP contribution in [0.2, 0.25) is 0 Å². The molecule has 13 heteroatoms. The van der Waals surface area contributed by atoms with E-state index < -0.39 is 22.9 Å². The number of aromatic nitrogens is 4. The summed E-state index contributed by atoms with van der Waals surface area (Å²) in [5.41, 5.74) is 4.91. The standard InChI is InChI=1S/C29H28F3N5O3S2/c1-4-19-14-34-26(35-15-19)37(17-20-7-9-21(10-8-20)22-6-5-12-33-16-22)13-11-23-18-41-27(36-23)42-28(2,3)24(38)40-25(39)29(30,31)32/h5-10,12,14-16,18H,4,11,13,17H2,1-3H3. The maximum absolute atomic E-state index is 12.5. The highest BCUT2D eigenvalue weighted by Gasteiger charge is 2.45. The van der Waals surface area contributed by atoms with E-state index >= 15 is 0 Å². The first kappa shape index (κ1) is 31.1. The Morgan fingerprint density at radius 3 is 2.31 bits per heavy atom. The molecule has 0 fully saturated rings. The number of anilines is 1. The van der Waals surface area contributed by atoms with Crippen molar-refractivity contribution in [3.8, 4) is 11.1 Å². The molecule has 0 aliphatic carbocycles. The SMILES string of the molecule is CCc1cnc(N(CCc2csc(SC(C)(C)C(=O)OC(=O)C(F)(F)F)n2)Cc2ccc(-c3cccnc3)cc2)nc1. The summed E-state index contributed by atoms with van der Waals surface area (Å²) >= 11 is 2.19. The minimum absolute atomic E-state index is 0.465. The fourth-order valence-electron chi connectivity index (χ4n) is 3.72. The largest absolute Gasteiger partial charge is 0.491 e. The van der Waals surface area contributed by atoms with Crippen LogP contribution < -0.4 is 4.90 Å². The van der Waals surface area contributed by atoms with Gasteiger partial charge in [-0.3, -0.25) is 9.78 Å². The zero-order chi connectivity index (χ0) is 30.3. The predicted octanol–water partition coefficient (Wildman–Crippen LogP) is 6.31. The van der Waals surface area contributed by atoms with Crippen LogP contribution in [0.3, 0.4) is 0 Å². The van der Waals surface area contributed by atoms with Gasteiger partial charge in [-0.25, -0.2) is 19.7 Å². The molecule has 0 spiro atoms. The van der Waals surface area contributed by atoms with Crippen LogP contribution in [-0.4, -0.2) is 49.3 Å². The number of aryl methyl sites for hydroxylation is 1. The van der Waals surface area contributed by atoms with Crippen LogP contribution in [0.15, 0.2) is 70.9 Å². The highest BCUT2D eigenvalue weighted by atomic mass is 32.2. The number of esters is 2. The van der Waals surface area contributed by atoms with E-state index in [-0.39, 0.29) is 0 Å². The Morgan fingerprint density at radius 2 is 1.69 bits per heavy atom. The fraction of sp³-hybridized carbons (Fsp3) is 0.310. The maximum atomic E-state index is 12.5. The lowest BCUT2D eigenvalue weighted by Crippen LogP contribution is -2.36. The molecule has 0 amide bonds. The van der Waals surface area contributed by atoms with Gasteiger partial charge in [0.1, 0.15) is 4.75 Å². The number of carbonyl (C=O) groups is 2. The number of hydrogen-bond donors (Lipinski definition) is 0. The Balaban J connectivity index is 1.44. The van der Waals surface area contributed by atoms with Crippen LogP contribution >= 0.6 is 23.1 Å². The van der Waals surface area contributed by atoms with E-state index in [1.165, 1.54) is 25.2 Å². The Kier molecular flexibility index (Phi) is 9.94. The van der Waals surface area contributed by atoms with Crippen molar-refractivity contribution in [1.29, 1.82) is 0 Å². The Labute approximate surface area is 249 Å². The summed E-state index contributed by atoms with van der Waals surface area (Å²) in [7, 11) is 0. The number of rotatable bonds is 11. The van der Waals surface area contributed by atoms with E-state index in [9.17, 15) is 22.8 Å². The van der Waals surface area contributed by atoms with E-state index in [0.717, 1.165) is 46.1 Å². The molecule has 3 heterocycles. The van der Waals surface area contributed by atoms with Gasteiger partial charge in [0, 0.05) is 49.7 Å². The lowest BCUT2D eigenvalue weighted by molar-refractivity contribution is -0.202. The molecule has 0 bridgehead atoms. The van der Waals surface area contributed by atoms with Crippen molar-refractivity contribution >= 4 is 41.0 Å². The normalized spacial score (nSPS) is 11.8. The summed E-state index contributed by atoms with van der Waals surface area (Å²) in [5.74, 6) is -3.26. The number of alkyl halides is 3. The highest BCUT2D eigenvalue weighted by molar-refractivity contribution is 8.03. The van der Waals surface area contributed by atoms with Gasteiger partial charge < -0.3 is 9.64 Å². The molecule has 4 rings (SSSR count). The van der Waals surface area contributed by atoms with Crippen molar-refractivity contribution in [2.75, 3.05) is 11.4 Å². The van der Waals surface area contributed by atoms with Crippen molar-refractivity contribution in [2.45, 2.75) is 55.4 Å². The molecule has 4 aromatic rings. The van der Waals surface area contributed by atoms with E-state index in [4.69, 9.17) is 0 Å². The number of thiazole rings is 1. The van der Waals surface area contributed by atoms with Gasteiger partial charge in [0.15, 0.2) is 4.34 Å². The fourth-order valence-corrected chi connectivity index (χ4v) is 5.99. The van der Waals surface area contributed by atoms with E-state index in [0.29, 0.717) is 29.8 Å². The number of ether oxygens (including phenoxy) is 1. The first-order valence-corrected chi connectivity index (χ1v) is 14.7. The molecule has 0 atom stereocenters. The third-order valence-corrected chi connectivity index (χ3v) is 8.29. The quantitative estimate of drug-likeness (QED) is 0.109. The Bertz CT molecular complexity index is 1500. The Morgan fingerprint density at radius 1 is 0.976 bits per heavy atom. The second-order valence-electron chi connectivity index (χ2n) is 9.75. The molecule has 220 valence electrons. The smallest absolute Gasteiger partial charge is 0.385 e. The molecule has 0 saturated heterocycles. The second-order valence-corrected chi connectivity index (χ2v) is 12.5. The van der Waals surface area contributed by atoms with Gasteiger partial charge in [-0.05, 0) is 48.6 Å². The molecule has 0 aliphatic heterocycles. The average molecular weight is 616 g/mol. The maximum Gasteiger partial charge on any atom is 0.491 e. The number of carbonyl (C=O) groups excluding carboxylic acids is 2. The lowest BCUT2D eigenvalue weighted by Gasteiger charge is -2.23. The van der Waals surface area contributed by atoms with E-state index in [1.54, 1.807) is 6.20 Å². The Hall–Kier alpha value is -3.84. The molecule has 0 saturated carbocycles. The molecule has 0 unspecified atom stereocenters. The summed E-state index contributed by atoms with van der Waals surface area (Å²) < 4.78 is 40.5. The van der Waals surface area contributed by atoms with Crippen molar-refractivity contribution in [3.05, 3.63) is 83.4 Å². The number of halogens is 3. The van der Waals surface area contributed by atoms with Gasteiger partial charge in [-0.1, -0.05) is 49.0 Å². The van der Waals surface area contributed by atoms with Crippen LogP contribution in [0.1, 0.15) is 37.6 Å². The summed E-state index contributed by atoms with van der Waals surface area (Å²) in [6.45, 7) is 5.88. The third-order valence-electron chi connectivity index (χ3n) is 6.12. The first-order valence-electron chi connectivity index (χ1n) is 13.0. The molecule has 0 aliphatic rings. The summed E-state index contributed by atoms with van der Waals surface area (Å²) in [6.07, 6.45) is 3.27. The van der Waals surface area contributed by atoms with Gasteiger partial charge in [-0.2, -0.15) is 13.2 Å². The minimum Gasteiger partial charge on any atom is -0.385 e. The summed E-state index contributed by atoms with van der Waals surface area (Å²) in [6, 6.07) is 12.1. The van der Waals surface area contributed by atoms with Crippen LogP contribution in [0.5, 0.6) is 0 Å². The number of pyridine rings is 1. The van der Waals surface area contributed by atoms with Crippen LogP contribution in [0, 0.1) is 0 Å². The molecule has 0 N–H and O–H groups in total. The molecular formula is C29H28F3N5O3S2. The number of nitrogens with zero attached hydrogens (tertiary/aromatic N) is 5. The first-order chi connectivity index (χ1) is 19.9. The lowest BCUT2D eigenvalue weighted by atomic mass is 10.1. The number of hydrogen-bond acceptors (Lipinski definition) is 10. The molecular weight excluding hydrogens is 587 g/mol. The van der Waals surface area contributed by atoms with Gasteiger partial charge in [-0.15, -0.1) is 11.3 Å². The molecule has 42 heavy (non-hydrogen) atoms. The van der Waals surface area contributed by atoms with Crippen LogP contribution in [-0.2, 0) is 33.7 Å². The molecule has 3 aromatic heterocycles. The van der Waals surface area contributed by atoms with Crippen LogP contribution in [0.4, 0.5) is 19.1 Å². The van der Waals surface area contributed by atoms with Crippen molar-refractivity contribution in [1.82, 2.24) is 19.9 Å². The van der Waals surface area contributed by atoms with Crippen molar-refractivity contribution in [3.63, 3.8) is 0 Å². The third kappa shape index (κ3) is 8.35. The predicted molar refractivity (Wildman–Crippen MR) is 155 cm³/mol. The van der Waals surface area contributed by atoms with Crippen molar-refractivity contribution < 1.29 is 27.5 Å². The monoisotopic (exact) mass is 615 g/mol. The van der Waals surface area contributed by atoms with E-state index in [1.807, 2.05) is 55.2 Å². The average Bonchev–Trinajstić information content (AvgIpc) is 3.42. The number of thioether (sulfide) groups is 1. The molecule has 1 aromatic carbocycles. The zero-order valence-electron chi connectivity index (χ0n) is 23.1. The highest BCUT2D eigenvalue weighted by Crippen LogP contribution is 2.36. The summed E-state index contributed by atoms with van der Waals surface area (Å²) in [4.78, 5) is 43.2. The van der Waals surface area contributed by atoms with Gasteiger partial charge in [0.2, 0.25) is 5.95 Å². The minimum atomic E-state index is -5.25. The summed E-state index contributed by atoms with van der Waals surface area (Å²) in [5, 5.41) is 1.83. The molecule has 8 nitrogen and oxygen atoms in total. The number of benzene rings is 1. The van der Waals surface area contributed by atoms with Crippen LogP contribution in [0.25, 0.3) is 11.1 Å². The molecule has 0 radical (unpaired) electrons.